The Morgan fingerprint density at radius 2 is 0.767 bits per heavy atom. The second kappa shape index (κ2) is 18.3. The first-order valence-corrected chi connectivity index (χ1v) is 36.8. The van der Waals surface area contributed by atoms with Gasteiger partial charge in [-0.05, 0) is 285 Å². The molecule has 16 rings (SSSR count). The van der Waals surface area contributed by atoms with E-state index < -0.39 is 0 Å². The van der Waals surface area contributed by atoms with Gasteiger partial charge in [-0.3, -0.25) is 0 Å². The number of benzene rings is 6. The lowest BCUT2D eigenvalue weighted by Crippen LogP contribution is -2.60. The number of aryl methyl sites for hydroxylation is 4. The van der Waals surface area contributed by atoms with Crippen molar-refractivity contribution < 1.29 is 0 Å². The predicted octanol–water partition coefficient (Wildman–Crippen LogP) is 22.6. The molecule has 1 fully saturated rings. The van der Waals surface area contributed by atoms with E-state index in [0.29, 0.717) is 0 Å². The Balaban J connectivity index is 1.11. The quantitative estimate of drug-likeness (QED) is 0.163. The van der Waals surface area contributed by atoms with Crippen molar-refractivity contribution >= 4 is 110 Å². The Labute approximate surface area is 549 Å². The third-order valence-electron chi connectivity index (χ3n) is 26.8. The molecule has 0 radical (unpaired) electrons. The summed E-state index contributed by atoms with van der Waals surface area (Å²) in [6.07, 6.45) is 14.3. The summed E-state index contributed by atoms with van der Waals surface area (Å²) < 4.78 is 4.38. The van der Waals surface area contributed by atoms with Gasteiger partial charge in [0.2, 0.25) is 0 Å². The fourth-order valence-electron chi connectivity index (χ4n) is 20.4. The first kappa shape index (κ1) is 59.7. The van der Waals surface area contributed by atoms with Crippen molar-refractivity contribution in [1.82, 2.24) is 0 Å². The van der Waals surface area contributed by atoms with Crippen LogP contribution >= 0.6 is 22.7 Å². The van der Waals surface area contributed by atoms with Crippen LogP contribution < -0.4 is 30.4 Å². The number of hydrogen-bond acceptors (Lipinski definition) is 5. The predicted molar refractivity (Wildman–Crippen MR) is 394 cm³/mol. The highest BCUT2D eigenvalue weighted by atomic mass is 32.1. The van der Waals surface area contributed by atoms with Gasteiger partial charge in [0.05, 0.1) is 21.9 Å². The first-order valence-electron chi connectivity index (χ1n) is 35.2. The largest absolute Gasteiger partial charge is 0.334 e. The molecule has 0 saturated heterocycles. The lowest BCUT2D eigenvalue weighted by atomic mass is 9.36. The lowest BCUT2D eigenvalue weighted by Gasteiger charge is -2.51. The van der Waals surface area contributed by atoms with E-state index in [0.717, 1.165) is 6.42 Å². The molecule has 3 nitrogen and oxygen atoms in total. The zero-order chi connectivity index (χ0) is 63.9. The fourth-order valence-corrected chi connectivity index (χ4v) is 23.0. The van der Waals surface area contributed by atoms with Crippen LogP contribution in [-0.2, 0) is 48.7 Å². The molecular formula is C84H102BN3S2. The monoisotopic (exact) mass is 1230 g/mol. The van der Waals surface area contributed by atoms with Crippen LogP contribution in [0.2, 0.25) is 0 Å². The van der Waals surface area contributed by atoms with Crippen LogP contribution in [0.5, 0.6) is 0 Å². The molecule has 468 valence electrons. The maximum atomic E-state index is 2.95. The van der Waals surface area contributed by atoms with Crippen molar-refractivity contribution in [2.24, 2.45) is 0 Å². The van der Waals surface area contributed by atoms with Gasteiger partial charge in [-0.2, -0.15) is 0 Å². The summed E-state index contributed by atoms with van der Waals surface area (Å²) in [5.41, 5.74) is 32.3. The van der Waals surface area contributed by atoms with Gasteiger partial charge in [0.25, 0.3) is 6.71 Å². The summed E-state index contributed by atoms with van der Waals surface area (Å²) in [7, 11) is 0. The van der Waals surface area contributed by atoms with E-state index in [-0.39, 0.29) is 61.0 Å². The summed E-state index contributed by atoms with van der Waals surface area (Å²) in [5.74, 6) is 0. The van der Waals surface area contributed by atoms with Crippen LogP contribution in [0, 0.1) is 27.7 Å². The Kier molecular flexibility index (Phi) is 12.2. The molecule has 2 unspecified atom stereocenters. The average Bonchev–Trinajstić information content (AvgIpc) is 1.42. The second-order valence-corrected chi connectivity index (χ2v) is 38.6. The number of hydrogen-bond donors (Lipinski definition) is 0. The second-order valence-electron chi connectivity index (χ2n) is 36.5. The first-order chi connectivity index (χ1) is 41.9. The molecule has 5 aliphatic carbocycles. The zero-order valence-corrected chi connectivity index (χ0v) is 60.8. The molecular weight excluding hydrogens is 1130 g/mol. The van der Waals surface area contributed by atoms with Gasteiger partial charge >= 0.3 is 0 Å². The van der Waals surface area contributed by atoms with Gasteiger partial charge in [-0.25, -0.2) is 0 Å². The van der Waals surface area contributed by atoms with E-state index in [1.165, 1.54) is 196 Å². The number of rotatable bonds is 3. The molecule has 2 aromatic heterocycles. The minimum atomic E-state index is -0.153. The van der Waals surface area contributed by atoms with Gasteiger partial charge in [0.1, 0.15) is 0 Å². The normalized spacial score (nSPS) is 25.2. The van der Waals surface area contributed by atoms with Crippen LogP contribution in [0.1, 0.15) is 274 Å². The summed E-state index contributed by atoms with van der Waals surface area (Å²) in [6.45, 7) is 55.5. The van der Waals surface area contributed by atoms with Crippen LogP contribution in [0.4, 0.5) is 44.8 Å². The van der Waals surface area contributed by atoms with Gasteiger partial charge in [-0.1, -0.05) is 149 Å². The molecule has 8 aliphatic rings. The van der Waals surface area contributed by atoms with Crippen molar-refractivity contribution in [2.75, 3.05) is 14.7 Å². The minimum absolute atomic E-state index is 0.00369. The Morgan fingerprint density at radius 3 is 1.27 bits per heavy atom. The summed E-state index contributed by atoms with van der Waals surface area (Å²) in [4.78, 5) is 8.76. The highest BCUT2D eigenvalue weighted by molar-refractivity contribution is 7.35. The minimum Gasteiger partial charge on any atom is -0.334 e. The van der Waals surface area contributed by atoms with E-state index >= 15 is 0 Å². The Morgan fingerprint density at radius 1 is 0.356 bits per heavy atom. The summed E-state index contributed by atoms with van der Waals surface area (Å²) >= 11 is 4.24. The van der Waals surface area contributed by atoms with Crippen molar-refractivity contribution in [3.63, 3.8) is 0 Å². The molecule has 0 bridgehead atoms. The molecule has 2 atom stereocenters. The van der Waals surface area contributed by atoms with Crippen molar-refractivity contribution in [2.45, 2.75) is 284 Å². The third kappa shape index (κ3) is 7.88. The Hall–Kier alpha value is -5.30. The van der Waals surface area contributed by atoms with Crippen LogP contribution in [-0.4, -0.2) is 12.3 Å². The van der Waals surface area contributed by atoms with E-state index in [1.54, 1.807) is 27.8 Å². The number of nitrogens with zero attached hydrogens (tertiary/aromatic N) is 3. The molecule has 8 aromatic rings. The van der Waals surface area contributed by atoms with Crippen molar-refractivity contribution in [3.8, 4) is 0 Å². The smallest absolute Gasteiger partial charge is 0.266 e. The van der Waals surface area contributed by atoms with E-state index in [4.69, 9.17) is 0 Å². The molecule has 5 heterocycles. The van der Waals surface area contributed by atoms with E-state index in [1.807, 2.05) is 0 Å². The molecule has 6 aromatic carbocycles. The van der Waals surface area contributed by atoms with Crippen molar-refractivity contribution in [3.05, 3.63) is 145 Å². The standard InChI is InChI=1S/C84H102BN3S2/c1-47-35-50(4)69-64(36-47)88(84(22)26-24-23-25-83(69,84)21)51-39-65-71-66(40-51)87(63-44-59-55(38-49(63)3)76(7,8)28-32-80(59,15)16)74-70(52-41-56-60(45-67(52)90-74)81(17,18)33-29-77(56,9)10)85(71)73-72(53-42-57-61(46-68(53)89-73)82(19,20)34-30-78(57,11)12)86(65)62-43-58-54(37-48(62)2)75(5,6)27-31-79(58,13)14/h35-46H,23-34H2,1-22H3. The lowest BCUT2D eigenvalue weighted by molar-refractivity contribution is 0.194. The van der Waals surface area contributed by atoms with Crippen LogP contribution in [0.3, 0.4) is 0 Å². The topological polar surface area (TPSA) is 9.72 Å². The maximum Gasteiger partial charge on any atom is 0.266 e. The van der Waals surface area contributed by atoms with Gasteiger partial charge in [0, 0.05) is 53.4 Å². The maximum absolute atomic E-state index is 2.95. The number of thiophene rings is 2. The number of fused-ring (bicyclic) bond motifs is 15. The van der Waals surface area contributed by atoms with E-state index in [9.17, 15) is 0 Å². The SMILES string of the molecule is Cc1cc(C)c2c(c1)N(c1cc3c4c(c1)N(c1cc5c(cc1C)C(C)(C)CCC5(C)C)c1c(sc5cc6c(cc15)C(C)(C)CCC6(C)C)B4c1c(sc4cc5c(cc14)C(C)(C)CCC5(C)C)N3c1cc3c(cc1C)C(C)(C)CCC3(C)C)C1(C)CCCCC21C. The molecule has 90 heavy (non-hydrogen) atoms. The fraction of sp³-hybridized carbons (Fsp3) is 0.524. The van der Waals surface area contributed by atoms with Gasteiger partial charge in [-0.15, -0.1) is 22.7 Å². The number of anilines is 8. The molecule has 0 amide bonds. The third-order valence-corrected chi connectivity index (χ3v) is 29.2. The van der Waals surface area contributed by atoms with Gasteiger partial charge in [0.15, 0.2) is 0 Å². The Bertz CT molecular complexity index is 4510. The zero-order valence-electron chi connectivity index (χ0n) is 59.1. The molecule has 3 aliphatic heterocycles. The summed E-state index contributed by atoms with van der Waals surface area (Å²) in [5, 5.41) is 4.30. The molecule has 1 saturated carbocycles. The average molecular weight is 1230 g/mol. The molecule has 0 spiro atoms. The highest BCUT2D eigenvalue weighted by Crippen LogP contribution is 2.65. The molecule has 6 heteroatoms. The summed E-state index contributed by atoms with van der Waals surface area (Å²) in [6, 6.07) is 32.3. The van der Waals surface area contributed by atoms with Gasteiger partial charge < -0.3 is 14.7 Å². The van der Waals surface area contributed by atoms with E-state index in [2.05, 4.69) is 262 Å². The molecule has 0 N–H and O–H groups in total. The van der Waals surface area contributed by atoms with Crippen molar-refractivity contribution in [1.29, 1.82) is 0 Å². The van der Waals surface area contributed by atoms with Crippen LogP contribution in [0.25, 0.3) is 20.2 Å². The van der Waals surface area contributed by atoms with Crippen LogP contribution in [0.15, 0.2) is 72.8 Å². The highest BCUT2D eigenvalue weighted by Gasteiger charge is 2.59.